The van der Waals surface area contributed by atoms with Crippen molar-refractivity contribution in [3.63, 3.8) is 0 Å². The van der Waals surface area contributed by atoms with Gasteiger partial charge in [-0.1, -0.05) is 42.5 Å². The van der Waals surface area contributed by atoms with Crippen LogP contribution in [0.25, 0.3) is 40.3 Å². The first-order chi connectivity index (χ1) is 27.9. The average Bonchev–Trinajstić information content (AvgIpc) is 3.24. The number of morpholine rings is 1. The Morgan fingerprint density at radius 2 is 1.14 bits per heavy atom. The van der Waals surface area contributed by atoms with Crippen LogP contribution in [-0.2, 0) is 29.6 Å². The van der Waals surface area contributed by atoms with Gasteiger partial charge in [-0.25, -0.2) is 18.0 Å². The van der Waals surface area contributed by atoms with E-state index >= 15 is 0 Å². The summed E-state index contributed by atoms with van der Waals surface area (Å²) >= 11 is 2.81. The minimum atomic E-state index is -3.87. The molecule has 2 aromatic heterocycles. The summed E-state index contributed by atoms with van der Waals surface area (Å²) in [5.74, 6) is -1.17. The molecular formula is C45H41NO9S3. The standard InChI is InChI=1S/C23H25NO4S.C22H16O5S2/c1-4-28-22(26)17-13-15(23(2,3)24-9-11-27-12-10-24)14-19-20(17)21(25)16-7-5-6-8-18(16)29-19;1-2-27-22(24)17-12-15(29(25,26)14-8-4-3-5-9-14)13-19-20(17)21(23)16-10-6-7-11-18(16)28-19/h5-8,13-14H,4,9-12H2,1-3H3;3-13H,2H2,1H3. The van der Waals surface area contributed by atoms with Crippen LogP contribution >= 0.6 is 22.7 Å². The molecule has 0 amide bonds. The van der Waals surface area contributed by atoms with E-state index in [2.05, 4.69) is 24.8 Å². The summed E-state index contributed by atoms with van der Waals surface area (Å²) < 4.78 is 45.1. The van der Waals surface area contributed by atoms with Crippen LogP contribution in [0.2, 0.25) is 0 Å². The second kappa shape index (κ2) is 16.9. The molecule has 1 fully saturated rings. The van der Waals surface area contributed by atoms with Gasteiger partial charge in [0.25, 0.3) is 0 Å². The second-order valence-corrected chi connectivity index (χ2v) is 18.1. The summed E-state index contributed by atoms with van der Waals surface area (Å²) in [5, 5.41) is 1.75. The number of benzene rings is 5. The zero-order chi connectivity index (χ0) is 41.2. The third kappa shape index (κ3) is 7.80. The maximum absolute atomic E-state index is 13.3. The Labute approximate surface area is 343 Å². The number of nitrogens with zero attached hydrogens (tertiary/aromatic N) is 1. The SMILES string of the molecule is CCOC(=O)c1cc(C(C)(C)N2CCOCC2)cc2sc3ccccc3c(=O)c12.CCOC(=O)c1cc(S(=O)(=O)c2ccccc2)cc2sc3ccccc3c(=O)c12. The average molecular weight is 836 g/mol. The summed E-state index contributed by atoms with van der Waals surface area (Å²) in [6.45, 7) is 11.2. The first-order valence-electron chi connectivity index (χ1n) is 18.8. The highest BCUT2D eigenvalue weighted by Gasteiger charge is 2.32. The molecule has 3 heterocycles. The first-order valence-corrected chi connectivity index (χ1v) is 21.9. The lowest BCUT2D eigenvalue weighted by atomic mass is 9.89. The van der Waals surface area contributed by atoms with Crippen molar-refractivity contribution in [1.82, 2.24) is 4.90 Å². The molecule has 13 heteroatoms. The third-order valence-corrected chi connectivity index (χ3v) is 14.2. The fourth-order valence-electron chi connectivity index (χ4n) is 7.12. The zero-order valence-corrected chi connectivity index (χ0v) is 34.9. The predicted octanol–water partition coefficient (Wildman–Crippen LogP) is 8.58. The Hall–Kier alpha value is -5.31. The van der Waals surface area contributed by atoms with Crippen LogP contribution in [0.3, 0.4) is 0 Å². The molecule has 298 valence electrons. The highest BCUT2D eigenvalue weighted by atomic mass is 32.2. The molecule has 0 atom stereocenters. The van der Waals surface area contributed by atoms with Gasteiger partial charge >= 0.3 is 11.9 Å². The highest BCUT2D eigenvalue weighted by molar-refractivity contribution is 7.91. The van der Waals surface area contributed by atoms with Crippen molar-refractivity contribution in [2.45, 2.75) is 43.0 Å². The quantitative estimate of drug-likeness (QED) is 0.108. The van der Waals surface area contributed by atoms with Gasteiger partial charge in [-0.2, -0.15) is 0 Å². The van der Waals surface area contributed by atoms with Crippen molar-refractivity contribution >= 4 is 84.8 Å². The van der Waals surface area contributed by atoms with Crippen molar-refractivity contribution in [3.05, 3.63) is 140 Å². The Bertz CT molecular complexity index is 2930. The zero-order valence-electron chi connectivity index (χ0n) is 32.4. The summed E-state index contributed by atoms with van der Waals surface area (Å²) in [7, 11) is -3.87. The lowest BCUT2D eigenvalue weighted by Gasteiger charge is -2.41. The molecule has 1 saturated heterocycles. The van der Waals surface area contributed by atoms with Crippen molar-refractivity contribution in [2.75, 3.05) is 39.5 Å². The maximum Gasteiger partial charge on any atom is 0.338 e. The number of hydrogen-bond acceptors (Lipinski definition) is 12. The lowest BCUT2D eigenvalue weighted by molar-refractivity contribution is -0.0117. The Balaban J connectivity index is 0.000000177. The van der Waals surface area contributed by atoms with Crippen LogP contribution in [0, 0.1) is 0 Å². The summed E-state index contributed by atoms with van der Waals surface area (Å²) in [5.41, 5.74) is 0.578. The summed E-state index contributed by atoms with van der Waals surface area (Å²) in [4.78, 5) is 54.2. The van der Waals surface area contributed by atoms with Gasteiger partial charge in [0.15, 0.2) is 10.9 Å². The van der Waals surface area contributed by atoms with Gasteiger partial charge in [0.1, 0.15) is 0 Å². The van der Waals surface area contributed by atoms with E-state index in [0.29, 0.717) is 44.3 Å². The third-order valence-electron chi connectivity index (χ3n) is 10.2. The van der Waals surface area contributed by atoms with E-state index < -0.39 is 21.8 Å². The molecule has 58 heavy (non-hydrogen) atoms. The lowest BCUT2D eigenvalue weighted by Crippen LogP contribution is -2.48. The Morgan fingerprint density at radius 3 is 1.67 bits per heavy atom. The van der Waals surface area contributed by atoms with Gasteiger partial charge in [-0.15, -0.1) is 22.7 Å². The Morgan fingerprint density at radius 1 is 0.655 bits per heavy atom. The smallest absolute Gasteiger partial charge is 0.338 e. The topological polar surface area (TPSA) is 133 Å². The highest BCUT2D eigenvalue weighted by Crippen LogP contribution is 2.36. The van der Waals surface area contributed by atoms with Crippen molar-refractivity contribution in [3.8, 4) is 0 Å². The number of esters is 2. The number of sulfone groups is 1. The predicted molar refractivity (Wildman–Crippen MR) is 230 cm³/mol. The van der Waals surface area contributed by atoms with Crippen LogP contribution in [0.4, 0.5) is 0 Å². The minimum Gasteiger partial charge on any atom is -0.462 e. The Kier molecular flexibility index (Phi) is 11.9. The molecule has 1 aliphatic heterocycles. The molecule has 7 aromatic rings. The number of hydrogen-bond donors (Lipinski definition) is 0. The molecule has 0 bridgehead atoms. The number of rotatable bonds is 8. The van der Waals surface area contributed by atoms with E-state index in [1.54, 1.807) is 67.6 Å². The maximum atomic E-state index is 13.3. The normalized spacial score (nSPS) is 13.7. The van der Waals surface area contributed by atoms with Crippen LogP contribution in [0.15, 0.2) is 123 Å². The second-order valence-electron chi connectivity index (χ2n) is 14.0. The molecule has 5 aromatic carbocycles. The minimum absolute atomic E-state index is 0.0362. The molecule has 0 aliphatic carbocycles. The molecule has 0 saturated carbocycles. The van der Waals surface area contributed by atoms with E-state index in [1.165, 1.54) is 35.6 Å². The first kappa shape index (κ1) is 40.9. The molecule has 1 aliphatic rings. The molecule has 8 rings (SSSR count). The van der Waals surface area contributed by atoms with Crippen LogP contribution in [0.5, 0.6) is 0 Å². The summed E-state index contributed by atoms with van der Waals surface area (Å²) in [6, 6.07) is 29.2. The van der Waals surface area contributed by atoms with Crippen molar-refractivity contribution in [1.29, 1.82) is 0 Å². The van der Waals surface area contributed by atoms with Gasteiger partial charge in [-0.05, 0) is 93.9 Å². The number of ether oxygens (including phenoxy) is 3. The van der Waals surface area contributed by atoms with Crippen LogP contribution < -0.4 is 10.9 Å². The fourth-order valence-corrected chi connectivity index (χ4v) is 10.8. The summed E-state index contributed by atoms with van der Waals surface area (Å²) in [6.07, 6.45) is 0. The number of carbonyl (C=O) groups excluding carboxylic acids is 2. The number of carbonyl (C=O) groups is 2. The molecule has 0 spiro atoms. The van der Waals surface area contributed by atoms with Crippen LogP contribution in [0.1, 0.15) is 54.0 Å². The van der Waals surface area contributed by atoms with Crippen molar-refractivity contribution in [2.24, 2.45) is 0 Å². The van der Waals surface area contributed by atoms with Gasteiger partial charge in [-0.3, -0.25) is 14.5 Å². The largest absolute Gasteiger partial charge is 0.462 e. The van der Waals surface area contributed by atoms with E-state index in [4.69, 9.17) is 14.2 Å². The monoisotopic (exact) mass is 835 g/mol. The van der Waals surface area contributed by atoms with Gasteiger partial charge in [0.2, 0.25) is 9.84 Å². The van der Waals surface area contributed by atoms with Gasteiger partial charge in [0, 0.05) is 48.2 Å². The molecule has 0 N–H and O–H groups in total. The molecular weight excluding hydrogens is 795 g/mol. The van der Waals surface area contributed by atoms with E-state index in [9.17, 15) is 27.6 Å². The number of fused-ring (bicyclic) bond motifs is 4. The van der Waals surface area contributed by atoms with E-state index in [1.807, 2.05) is 30.3 Å². The fraction of sp³-hybridized carbons (Fsp3) is 0.244. The van der Waals surface area contributed by atoms with Crippen LogP contribution in [-0.4, -0.2) is 64.8 Å². The van der Waals surface area contributed by atoms with Gasteiger partial charge in [0.05, 0.1) is 58.1 Å². The van der Waals surface area contributed by atoms with Gasteiger partial charge < -0.3 is 14.2 Å². The van der Waals surface area contributed by atoms with Crippen molar-refractivity contribution < 1.29 is 32.2 Å². The molecule has 0 radical (unpaired) electrons. The van der Waals surface area contributed by atoms with E-state index in [-0.39, 0.29) is 50.4 Å². The molecule has 10 nitrogen and oxygen atoms in total. The van der Waals surface area contributed by atoms with E-state index in [0.717, 1.165) is 28.1 Å². The molecule has 0 unspecified atom stereocenters.